The molecule has 6 heteroatoms. The third-order valence-electron chi connectivity index (χ3n) is 5.22. The standard InChI is InChI=1S/C20H29FN4O/c1-3-25-14-18(16(2)22-25)13-23-9-10-24(20(15-23)8-11-26)12-17-4-6-19(21)7-5-17/h4-7,14,20,26H,3,8-13,15H2,1-2H3/t20-/m0/s1. The van der Waals surface area contributed by atoms with Crippen LogP contribution in [0.4, 0.5) is 4.39 Å². The monoisotopic (exact) mass is 360 g/mol. The van der Waals surface area contributed by atoms with Gasteiger partial charge in [0, 0.05) is 63.7 Å². The number of hydrogen-bond donors (Lipinski definition) is 1. The number of hydrogen-bond acceptors (Lipinski definition) is 4. The molecule has 1 fully saturated rings. The van der Waals surface area contributed by atoms with Gasteiger partial charge in [-0.2, -0.15) is 5.10 Å². The first-order valence-electron chi connectivity index (χ1n) is 9.43. The minimum Gasteiger partial charge on any atom is -0.396 e. The first-order chi connectivity index (χ1) is 12.6. The van der Waals surface area contributed by atoms with Crippen LogP contribution in [0.3, 0.4) is 0 Å². The third kappa shape index (κ3) is 4.69. The van der Waals surface area contributed by atoms with E-state index in [0.717, 1.165) is 56.9 Å². The molecule has 2 aromatic rings. The molecule has 0 amide bonds. The molecule has 0 bridgehead atoms. The normalized spacial score (nSPS) is 19.2. The van der Waals surface area contributed by atoms with Crippen LogP contribution < -0.4 is 0 Å². The Balaban J connectivity index is 1.63. The molecule has 1 N–H and O–H groups in total. The van der Waals surface area contributed by atoms with Crippen molar-refractivity contribution in [1.82, 2.24) is 19.6 Å². The number of piperazine rings is 1. The lowest BCUT2D eigenvalue weighted by atomic mass is 10.1. The molecule has 2 heterocycles. The molecule has 0 aliphatic carbocycles. The van der Waals surface area contributed by atoms with Crippen molar-refractivity contribution in [1.29, 1.82) is 0 Å². The summed E-state index contributed by atoms with van der Waals surface area (Å²) in [6.07, 6.45) is 2.90. The summed E-state index contributed by atoms with van der Waals surface area (Å²) in [7, 11) is 0. The van der Waals surface area contributed by atoms with Gasteiger partial charge in [-0.15, -0.1) is 0 Å². The highest BCUT2D eigenvalue weighted by Crippen LogP contribution is 2.19. The molecule has 0 unspecified atom stereocenters. The van der Waals surface area contributed by atoms with Crippen molar-refractivity contribution in [3.05, 3.63) is 53.1 Å². The maximum Gasteiger partial charge on any atom is 0.123 e. The fraction of sp³-hybridized carbons (Fsp3) is 0.550. The quantitative estimate of drug-likeness (QED) is 0.824. The van der Waals surface area contributed by atoms with Crippen LogP contribution >= 0.6 is 0 Å². The Kier molecular flexibility index (Phi) is 6.40. The van der Waals surface area contributed by atoms with Crippen LogP contribution in [-0.2, 0) is 19.6 Å². The molecule has 0 spiro atoms. The van der Waals surface area contributed by atoms with Gasteiger partial charge in [-0.3, -0.25) is 14.5 Å². The summed E-state index contributed by atoms with van der Waals surface area (Å²) in [6.45, 7) is 9.80. The number of benzene rings is 1. The van der Waals surface area contributed by atoms with E-state index in [-0.39, 0.29) is 12.4 Å². The predicted molar refractivity (Wildman–Crippen MR) is 100 cm³/mol. The summed E-state index contributed by atoms with van der Waals surface area (Å²) < 4.78 is 15.1. The van der Waals surface area contributed by atoms with Crippen LogP contribution in [0.1, 0.15) is 30.2 Å². The lowest BCUT2D eigenvalue weighted by Gasteiger charge is -2.41. The van der Waals surface area contributed by atoms with Gasteiger partial charge in [0.15, 0.2) is 0 Å². The van der Waals surface area contributed by atoms with E-state index in [2.05, 4.69) is 34.9 Å². The molecule has 1 aliphatic rings. The van der Waals surface area contributed by atoms with Gasteiger partial charge in [-0.05, 0) is 38.0 Å². The smallest absolute Gasteiger partial charge is 0.123 e. The van der Waals surface area contributed by atoms with Crippen molar-refractivity contribution in [2.24, 2.45) is 0 Å². The number of aryl methyl sites for hydroxylation is 2. The van der Waals surface area contributed by atoms with E-state index < -0.39 is 0 Å². The van der Waals surface area contributed by atoms with Gasteiger partial charge in [0.25, 0.3) is 0 Å². The van der Waals surface area contributed by atoms with Crippen LogP contribution in [0.25, 0.3) is 0 Å². The van der Waals surface area contributed by atoms with Crippen LogP contribution in [0.15, 0.2) is 30.5 Å². The van der Waals surface area contributed by atoms with E-state index >= 15 is 0 Å². The highest BCUT2D eigenvalue weighted by Gasteiger charge is 2.27. The SMILES string of the molecule is CCn1cc(CN2CCN(Cc3ccc(F)cc3)[C@@H](CCO)C2)c(C)n1. The third-order valence-corrected chi connectivity index (χ3v) is 5.22. The summed E-state index contributed by atoms with van der Waals surface area (Å²) >= 11 is 0. The average molecular weight is 360 g/mol. The minimum absolute atomic E-state index is 0.186. The van der Waals surface area contributed by atoms with Gasteiger partial charge in [0.1, 0.15) is 5.82 Å². The van der Waals surface area contributed by atoms with Gasteiger partial charge in [0.2, 0.25) is 0 Å². The Labute approximate surface area is 155 Å². The number of aliphatic hydroxyl groups is 1. The summed E-state index contributed by atoms with van der Waals surface area (Å²) in [5.74, 6) is -0.200. The molecule has 1 saturated heterocycles. The van der Waals surface area contributed by atoms with Gasteiger partial charge in [-0.1, -0.05) is 12.1 Å². The van der Waals surface area contributed by atoms with Crippen LogP contribution in [0.5, 0.6) is 0 Å². The van der Waals surface area contributed by atoms with Gasteiger partial charge >= 0.3 is 0 Å². The van der Waals surface area contributed by atoms with Crippen LogP contribution in [-0.4, -0.2) is 57.0 Å². The molecular weight excluding hydrogens is 331 g/mol. The summed E-state index contributed by atoms with van der Waals surface area (Å²) in [6, 6.07) is 7.03. The zero-order chi connectivity index (χ0) is 18.5. The molecule has 3 rings (SSSR count). The number of halogens is 1. The van der Waals surface area contributed by atoms with Crippen molar-refractivity contribution in [2.45, 2.75) is 45.9 Å². The molecule has 1 aromatic heterocycles. The molecule has 1 aromatic carbocycles. The maximum atomic E-state index is 13.1. The molecule has 1 atom stereocenters. The fourth-order valence-electron chi connectivity index (χ4n) is 3.67. The van der Waals surface area contributed by atoms with E-state index in [1.807, 2.05) is 16.8 Å². The van der Waals surface area contributed by atoms with Crippen molar-refractivity contribution in [2.75, 3.05) is 26.2 Å². The van der Waals surface area contributed by atoms with Crippen molar-refractivity contribution in [3.8, 4) is 0 Å². The average Bonchev–Trinajstić information content (AvgIpc) is 2.99. The fourth-order valence-corrected chi connectivity index (χ4v) is 3.67. The van der Waals surface area contributed by atoms with Gasteiger partial charge in [0.05, 0.1) is 5.69 Å². The highest BCUT2D eigenvalue weighted by atomic mass is 19.1. The summed E-state index contributed by atoms with van der Waals surface area (Å²) in [5, 5.41) is 14.0. The molecule has 142 valence electrons. The zero-order valence-electron chi connectivity index (χ0n) is 15.7. The molecule has 1 aliphatic heterocycles. The van der Waals surface area contributed by atoms with E-state index in [9.17, 15) is 9.50 Å². The molecule has 0 saturated carbocycles. The van der Waals surface area contributed by atoms with E-state index in [0.29, 0.717) is 6.04 Å². The first-order valence-corrected chi connectivity index (χ1v) is 9.43. The topological polar surface area (TPSA) is 44.5 Å². The first kappa shape index (κ1) is 19.0. The van der Waals surface area contributed by atoms with Crippen molar-refractivity contribution in [3.63, 3.8) is 0 Å². The Morgan fingerprint density at radius 3 is 2.62 bits per heavy atom. The lowest BCUT2D eigenvalue weighted by Crippen LogP contribution is -2.52. The Hall–Kier alpha value is -1.76. The second-order valence-electron chi connectivity index (χ2n) is 7.09. The maximum absolute atomic E-state index is 13.1. The van der Waals surface area contributed by atoms with Gasteiger partial charge < -0.3 is 5.11 Å². The van der Waals surface area contributed by atoms with Crippen molar-refractivity contribution >= 4 is 0 Å². The van der Waals surface area contributed by atoms with E-state index in [4.69, 9.17) is 0 Å². The Morgan fingerprint density at radius 1 is 1.19 bits per heavy atom. The zero-order valence-corrected chi connectivity index (χ0v) is 15.7. The predicted octanol–water partition coefficient (Wildman–Crippen LogP) is 2.42. The van der Waals surface area contributed by atoms with Crippen LogP contribution in [0.2, 0.25) is 0 Å². The number of aliphatic hydroxyl groups excluding tert-OH is 1. The van der Waals surface area contributed by atoms with Crippen LogP contribution in [0, 0.1) is 12.7 Å². The van der Waals surface area contributed by atoms with E-state index in [1.54, 1.807) is 0 Å². The largest absolute Gasteiger partial charge is 0.396 e. The molecule has 5 nitrogen and oxygen atoms in total. The van der Waals surface area contributed by atoms with E-state index in [1.165, 1.54) is 17.7 Å². The highest BCUT2D eigenvalue weighted by molar-refractivity contribution is 5.17. The molecule has 26 heavy (non-hydrogen) atoms. The minimum atomic E-state index is -0.200. The molecule has 0 radical (unpaired) electrons. The number of rotatable bonds is 7. The second-order valence-corrected chi connectivity index (χ2v) is 7.09. The summed E-state index contributed by atoms with van der Waals surface area (Å²) in [4.78, 5) is 4.85. The number of nitrogens with zero attached hydrogens (tertiary/aromatic N) is 4. The van der Waals surface area contributed by atoms with Crippen molar-refractivity contribution < 1.29 is 9.50 Å². The van der Waals surface area contributed by atoms with Gasteiger partial charge in [-0.25, -0.2) is 4.39 Å². The Bertz CT molecular complexity index is 700. The summed E-state index contributed by atoms with van der Waals surface area (Å²) in [5.41, 5.74) is 3.49. The Morgan fingerprint density at radius 2 is 1.96 bits per heavy atom. The number of aromatic nitrogens is 2. The molecular formula is C20H29FN4O. The lowest BCUT2D eigenvalue weighted by molar-refractivity contribution is 0.0499. The second kappa shape index (κ2) is 8.75.